The van der Waals surface area contributed by atoms with Crippen molar-refractivity contribution in [1.29, 1.82) is 0 Å². The van der Waals surface area contributed by atoms with E-state index in [9.17, 15) is 8.42 Å². The second-order valence-electron chi connectivity index (χ2n) is 1.35. The molecule has 3 N–H and O–H groups in total. The van der Waals surface area contributed by atoms with Gasteiger partial charge in [-0.15, -0.1) is 0 Å². The van der Waals surface area contributed by atoms with E-state index >= 15 is 0 Å². The van der Waals surface area contributed by atoms with Gasteiger partial charge in [-0.05, 0) is 0 Å². The van der Waals surface area contributed by atoms with Crippen molar-refractivity contribution in [3.05, 3.63) is 0 Å². The van der Waals surface area contributed by atoms with Crippen molar-refractivity contribution >= 4 is 17.2 Å². The van der Waals surface area contributed by atoms with E-state index in [2.05, 4.69) is 0 Å². The van der Waals surface area contributed by atoms with Gasteiger partial charge in [-0.25, -0.2) is 8.42 Å². The Balaban J connectivity index is 4.53. The van der Waals surface area contributed by atoms with Crippen molar-refractivity contribution < 1.29 is 22.8 Å². The summed E-state index contributed by atoms with van der Waals surface area (Å²) in [6, 6.07) is 0. The summed E-state index contributed by atoms with van der Waals surface area (Å²) >= 11 is 0. The molecule has 0 heterocycles. The first kappa shape index (κ1) is 8.05. The summed E-state index contributed by atoms with van der Waals surface area (Å²) in [4.78, 5) is 24.0. The summed E-state index contributed by atoms with van der Waals surface area (Å²) < 4.78 is 19.9. The smallest absolute Gasteiger partial charge is 0.379 e. The molecular weight excluding hydrogens is 152 g/mol. The maximum atomic E-state index is 9.96. The van der Waals surface area contributed by atoms with Crippen LogP contribution in [0.4, 0.5) is 0 Å². The average molecular weight is 158 g/mol. The van der Waals surface area contributed by atoms with Gasteiger partial charge in [-0.2, -0.15) is 0 Å². The van der Waals surface area contributed by atoms with E-state index < -0.39 is 17.2 Å². The van der Waals surface area contributed by atoms with Crippen LogP contribution < -0.4 is 0 Å². The highest BCUT2D eigenvalue weighted by atomic mass is 32.4. The van der Waals surface area contributed by atoms with Crippen LogP contribution in [0.15, 0.2) is 0 Å². The summed E-state index contributed by atoms with van der Waals surface area (Å²) in [5.41, 5.74) is 0. The predicted octanol–water partition coefficient (Wildman–Crippen LogP) is -2.56. The van der Waals surface area contributed by atoms with Gasteiger partial charge in [0.2, 0.25) is 9.29 Å². The minimum Gasteiger partial charge on any atom is -0.379 e. The summed E-state index contributed by atoms with van der Waals surface area (Å²) in [6.45, 7) is 0. The maximum absolute atomic E-state index is 9.96. The van der Waals surface area contributed by atoms with Crippen LogP contribution in [0.5, 0.6) is 0 Å². The molecule has 0 aromatic carbocycles. The Hall–Kier alpha value is 0.0469. The fourth-order valence-corrected chi connectivity index (χ4v) is 0. The summed E-state index contributed by atoms with van der Waals surface area (Å²) in [6.07, 6.45) is 0.555. The van der Waals surface area contributed by atoms with Crippen molar-refractivity contribution in [1.82, 2.24) is 0 Å². The van der Waals surface area contributed by atoms with Gasteiger partial charge in [0.05, 0.1) is 0 Å². The first-order valence-corrected chi connectivity index (χ1v) is 6.07. The van der Waals surface area contributed by atoms with E-state index in [1.54, 1.807) is 0 Å². The third-order valence-electron chi connectivity index (χ3n) is 0.497. The van der Waals surface area contributed by atoms with Crippen molar-refractivity contribution in [3.8, 4) is 0 Å². The molecule has 0 bridgehead atoms. The van der Waals surface area contributed by atoms with E-state index in [1.807, 2.05) is 0 Å². The second kappa shape index (κ2) is 1.78. The van der Waals surface area contributed by atoms with E-state index in [0.29, 0.717) is 6.26 Å². The minimum absolute atomic E-state index is 0.555. The van der Waals surface area contributed by atoms with E-state index in [4.69, 9.17) is 14.4 Å². The van der Waals surface area contributed by atoms with Gasteiger partial charge >= 0.3 is 7.95 Å². The highest BCUT2D eigenvalue weighted by Gasteiger charge is 2.42. The molecule has 0 saturated heterocycles. The van der Waals surface area contributed by atoms with E-state index in [1.165, 1.54) is 0 Å². The van der Waals surface area contributed by atoms with Crippen molar-refractivity contribution in [2.45, 2.75) is 0 Å². The van der Waals surface area contributed by atoms with Gasteiger partial charge in [0.1, 0.15) is 0 Å². The lowest BCUT2D eigenvalue weighted by molar-refractivity contribution is 0.258. The van der Waals surface area contributed by atoms with Crippen LogP contribution in [0, 0.1) is 0 Å². The number of rotatable bonds is 1. The normalized spacial score (nSPS) is 14.0. The standard InChI is InChI=1S/CH6O5SSi/c1-7(2,3)8(4,5)6/h4-6H,1H3. The van der Waals surface area contributed by atoms with Crippen LogP contribution in [0.3, 0.4) is 0 Å². The van der Waals surface area contributed by atoms with Crippen molar-refractivity contribution in [2.24, 2.45) is 0 Å². The first-order chi connectivity index (χ1) is 3.25. The average Bonchev–Trinajstić information content (AvgIpc) is 1.25. The van der Waals surface area contributed by atoms with Crippen molar-refractivity contribution in [2.75, 3.05) is 6.26 Å². The van der Waals surface area contributed by atoms with Crippen LogP contribution in [0.2, 0.25) is 0 Å². The molecule has 8 heavy (non-hydrogen) atoms. The third-order valence-corrected chi connectivity index (χ3v) is 4.48. The Bertz CT molecular complexity index is 161. The molecule has 0 fully saturated rings. The third kappa shape index (κ3) is 1.88. The van der Waals surface area contributed by atoms with Crippen LogP contribution in [0.25, 0.3) is 0 Å². The second-order valence-corrected chi connectivity index (χ2v) is 7.91. The number of hydrogen-bond acceptors (Lipinski definition) is 5. The van der Waals surface area contributed by atoms with Gasteiger partial charge in [0.15, 0.2) is 0 Å². The topological polar surface area (TPSA) is 94.8 Å². The number of hydrogen-bond donors (Lipinski definition) is 3. The fraction of sp³-hybridized carbons (Fsp3) is 1.00. The van der Waals surface area contributed by atoms with Crippen LogP contribution in [0.1, 0.15) is 0 Å². The van der Waals surface area contributed by atoms with Gasteiger partial charge in [0, 0.05) is 6.26 Å². The molecule has 0 aromatic heterocycles. The minimum atomic E-state index is -4.89. The SMILES string of the molecule is CS(=O)(=O)[Si](O)(O)O. The fourth-order valence-electron chi connectivity index (χ4n) is 0. The van der Waals surface area contributed by atoms with E-state index in [0.717, 1.165) is 0 Å². The lowest BCUT2D eigenvalue weighted by Gasteiger charge is -2.03. The van der Waals surface area contributed by atoms with Gasteiger partial charge in [-0.3, -0.25) is 0 Å². The van der Waals surface area contributed by atoms with Crippen LogP contribution in [-0.2, 0) is 9.29 Å². The first-order valence-electron chi connectivity index (χ1n) is 1.62. The molecule has 0 rings (SSSR count). The zero-order valence-corrected chi connectivity index (χ0v) is 5.88. The molecule has 5 nitrogen and oxygen atoms in total. The van der Waals surface area contributed by atoms with Crippen LogP contribution in [-0.4, -0.2) is 37.0 Å². The van der Waals surface area contributed by atoms with Gasteiger partial charge < -0.3 is 14.4 Å². The Kier molecular flexibility index (Phi) is 1.79. The lowest BCUT2D eigenvalue weighted by atomic mass is 12.0. The molecule has 7 heteroatoms. The Morgan fingerprint density at radius 3 is 1.38 bits per heavy atom. The monoisotopic (exact) mass is 158 g/mol. The zero-order chi connectivity index (χ0) is 7.00. The molecule has 0 radical (unpaired) electrons. The highest BCUT2D eigenvalue weighted by Crippen LogP contribution is 1.94. The molecular formula is CH6O5SSi. The highest BCUT2D eigenvalue weighted by molar-refractivity contribution is 8.18. The molecule has 0 spiro atoms. The maximum Gasteiger partial charge on any atom is 0.626 e. The van der Waals surface area contributed by atoms with Gasteiger partial charge in [-0.1, -0.05) is 0 Å². The van der Waals surface area contributed by atoms with Crippen LogP contribution >= 0.6 is 0 Å². The van der Waals surface area contributed by atoms with Gasteiger partial charge in [0.25, 0.3) is 0 Å². The summed E-state index contributed by atoms with van der Waals surface area (Å²) in [7, 11) is -8.92. The van der Waals surface area contributed by atoms with Crippen molar-refractivity contribution in [3.63, 3.8) is 0 Å². The Labute approximate surface area is 47.1 Å². The summed E-state index contributed by atoms with van der Waals surface area (Å²) in [5.74, 6) is 0. The lowest BCUT2D eigenvalue weighted by Crippen LogP contribution is -2.44. The molecule has 0 aliphatic rings. The quantitative estimate of drug-likeness (QED) is 0.365. The molecule has 0 saturated carbocycles. The summed E-state index contributed by atoms with van der Waals surface area (Å²) in [5, 5.41) is 0. The molecule has 0 aliphatic heterocycles. The molecule has 50 valence electrons. The molecule has 0 aliphatic carbocycles. The Morgan fingerprint density at radius 1 is 1.25 bits per heavy atom. The molecule has 0 aromatic rings. The van der Waals surface area contributed by atoms with E-state index in [-0.39, 0.29) is 0 Å². The predicted molar refractivity (Wildman–Crippen MR) is 27.3 cm³/mol. The largest absolute Gasteiger partial charge is 0.626 e. The Morgan fingerprint density at radius 2 is 1.38 bits per heavy atom. The zero-order valence-electron chi connectivity index (χ0n) is 4.07. The molecule has 0 amide bonds. The molecule has 0 unspecified atom stereocenters. The molecule has 0 atom stereocenters.